The van der Waals surface area contributed by atoms with E-state index in [-0.39, 0.29) is 0 Å². The largest absolute Gasteiger partial charge is 0.497 e. The van der Waals surface area contributed by atoms with E-state index >= 15 is 0 Å². The Hall–Kier alpha value is -1.06. The van der Waals surface area contributed by atoms with E-state index in [1.54, 1.807) is 7.11 Å². The van der Waals surface area contributed by atoms with Gasteiger partial charge in [0.1, 0.15) is 5.75 Å². The maximum atomic E-state index is 5.18. The average molecular weight is 292 g/mol. The molecule has 1 aromatic rings. The molecule has 0 amide bonds. The van der Waals surface area contributed by atoms with E-state index in [1.165, 1.54) is 24.9 Å². The Kier molecular flexibility index (Phi) is 9.11. The SMILES string of the molecule is CCCN(CC)CCNC(C)CCc1ccc(OC)cc1. The van der Waals surface area contributed by atoms with Crippen LogP contribution in [0.25, 0.3) is 0 Å². The summed E-state index contributed by atoms with van der Waals surface area (Å²) >= 11 is 0. The van der Waals surface area contributed by atoms with E-state index < -0.39 is 0 Å². The number of methoxy groups -OCH3 is 1. The van der Waals surface area contributed by atoms with Gasteiger partial charge in [0.2, 0.25) is 0 Å². The second kappa shape index (κ2) is 10.6. The summed E-state index contributed by atoms with van der Waals surface area (Å²) in [5.41, 5.74) is 1.38. The molecule has 0 aliphatic carbocycles. The number of ether oxygens (including phenoxy) is 1. The van der Waals surface area contributed by atoms with Crippen LogP contribution in [0.1, 0.15) is 39.2 Å². The first-order chi connectivity index (χ1) is 10.2. The van der Waals surface area contributed by atoms with Crippen molar-refractivity contribution in [3.63, 3.8) is 0 Å². The van der Waals surface area contributed by atoms with Gasteiger partial charge in [-0.05, 0) is 57.0 Å². The van der Waals surface area contributed by atoms with Crippen molar-refractivity contribution in [3.8, 4) is 5.75 Å². The van der Waals surface area contributed by atoms with Gasteiger partial charge in [-0.3, -0.25) is 0 Å². The van der Waals surface area contributed by atoms with Gasteiger partial charge in [0.05, 0.1) is 7.11 Å². The topological polar surface area (TPSA) is 24.5 Å². The zero-order valence-corrected chi connectivity index (χ0v) is 14.2. The van der Waals surface area contributed by atoms with Crippen LogP contribution in [0.15, 0.2) is 24.3 Å². The lowest BCUT2D eigenvalue weighted by Crippen LogP contribution is -2.36. The monoisotopic (exact) mass is 292 g/mol. The number of benzene rings is 1. The van der Waals surface area contributed by atoms with Crippen LogP contribution >= 0.6 is 0 Å². The van der Waals surface area contributed by atoms with Crippen LogP contribution in [0.3, 0.4) is 0 Å². The van der Waals surface area contributed by atoms with Gasteiger partial charge in [-0.25, -0.2) is 0 Å². The van der Waals surface area contributed by atoms with Crippen molar-refractivity contribution in [1.82, 2.24) is 10.2 Å². The fourth-order valence-corrected chi connectivity index (χ4v) is 2.49. The van der Waals surface area contributed by atoms with E-state index in [0.717, 1.165) is 31.8 Å². The normalized spacial score (nSPS) is 12.6. The standard InChI is InChI=1S/C18H32N2O/c1-5-14-20(6-2)15-13-19-16(3)7-8-17-9-11-18(21-4)12-10-17/h9-12,16,19H,5-8,13-15H2,1-4H3. The van der Waals surface area contributed by atoms with Gasteiger partial charge in [0, 0.05) is 19.1 Å². The zero-order chi connectivity index (χ0) is 15.5. The molecule has 0 aromatic heterocycles. The van der Waals surface area contributed by atoms with Crippen LogP contribution in [-0.4, -0.2) is 44.2 Å². The molecule has 120 valence electrons. The van der Waals surface area contributed by atoms with Gasteiger partial charge in [0.15, 0.2) is 0 Å². The summed E-state index contributed by atoms with van der Waals surface area (Å²) in [5.74, 6) is 0.931. The minimum atomic E-state index is 0.562. The van der Waals surface area contributed by atoms with Crippen LogP contribution in [-0.2, 0) is 6.42 Å². The molecule has 0 fully saturated rings. The second-order valence-corrected chi connectivity index (χ2v) is 5.68. The molecule has 1 N–H and O–H groups in total. The Morgan fingerprint density at radius 1 is 1.14 bits per heavy atom. The van der Waals surface area contributed by atoms with Gasteiger partial charge in [-0.1, -0.05) is 26.0 Å². The quantitative estimate of drug-likeness (QED) is 0.677. The summed E-state index contributed by atoms with van der Waals surface area (Å²) < 4.78 is 5.18. The van der Waals surface area contributed by atoms with Gasteiger partial charge in [-0.2, -0.15) is 0 Å². The number of nitrogens with one attached hydrogen (secondary N) is 1. The maximum Gasteiger partial charge on any atom is 0.118 e. The molecule has 0 radical (unpaired) electrons. The molecule has 0 bridgehead atoms. The van der Waals surface area contributed by atoms with Crippen molar-refractivity contribution in [2.24, 2.45) is 0 Å². The highest BCUT2D eigenvalue weighted by atomic mass is 16.5. The molecule has 1 aromatic carbocycles. The third kappa shape index (κ3) is 7.49. The van der Waals surface area contributed by atoms with Crippen molar-refractivity contribution in [2.75, 3.05) is 33.3 Å². The van der Waals surface area contributed by atoms with Crippen molar-refractivity contribution in [1.29, 1.82) is 0 Å². The molecule has 3 heteroatoms. The zero-order valence-electron chi connectivity index (χ0n) is 14.2. The smallest absolute Gasteiger partial charge is 0.118 e. The van der Waals surface area contributed by atoms with E-state index in [2.05, 4.69) is 43.1 Å². The van der Waals surface area contributed by atoms with E-state index in [4.69, 9.17) is 4.74 Å². The van der Waals surface area contributed by atoms with E-state index in [9.17, 15) is 0 Å². The fraction of sp³-hybridized carbons (Fsp3) is 0.667. The minimum absolute atomic E-state index is 0.562. The molecule has 0 aliphatic rings. The van der Waals surface area contributed by atoms with Crippen molar-refractivity contribution in [3.05, 3.63) is 29.8 Å². The molecule has 0 aliphatic heterocycles. The summed E-state index contributed by atoms with van der Waals surface area (Å²) in [4.78, 5) is 2.50. The van der Waals surface area contributed by atoms with E-state index in [0.29, 0.717) is 6.04 Å². The lowest BCUT2D eigenvalue weighted by Gasteiger charge is -2.21. The molecule has 0 spiro atoms. The van der Waals surface area contributed by atoms with Crippen LogP contribution in [0.2, 0.25) is 0 Å². The molecule has 21 heavy (non-hydrogen) atoms. The van der Waals surface area contributed by atoms with Crippen LogP contribution in [0.4, 0.5) is 0 Å². The predicted molar refractivity (Wildman–Crippen MR) is 91.2 cm³/mol. The number of likely N-dealkylation sites (N-methyl/N-ethyl adjacent to an activating group) is 1. The Labute approximate surface area is 130 Å². The molecule has 0 saturated heterocycles. The number of rotatable bonds is 11. The van der Waals surface area contributed by atoms with Crippen molar-refractivity contribution >= 4 is 0 Å². The maximum absolute atomic E-state index is 5.18. The third-order valence-corrected chi connectivity index (χ3v) is 3.93. The molecule has 0 heterocycles. The lowest BCUT2D eigenvalue weighted by molar-refractivity contribution is 0.282. The van der Waals surface area contributed by atoms with E-state index in [1.807, 2.05) is 12.1 Å². The molecule has 1 unspecified atom stereocenters. The molecule has 3 nitrogen and oxygen atoms in total. The lowest BCUT2D eigenvalue weighted by atomic mass is 10.1. The summed E-state index contributed by atoms with van der Waals surface area (Å²) in [6.07, 6.45) is 3.53. The second-order valence-electron chi connectivity index (χ2n) is 5.68. The number of nitrogens with zero attached hydrogens (tertiary/aromatic N) is 1. The molecular weight excluding hydrogens is 260 g/mol. The first-order valence-electron chi connectivity index (χ1n) is 8.28. The molecular formula is C18H32N2O. The summed E-state index contributed by atoms with van der Waals surface area (Å²) in [6.45, 7) is 11.3. The molecule has 1 atom stereocenters. The van der Waals surface area contributed by atoms with Crippen LogP contribution < -0.4 is 10.1 Å². The van der Waals surface area contributed by atoms with Gasteiger partial charge in [0.25, 0.3) is 0 Å². The average Bonchev–Trinajstić information content (AvgIpc) is 2.52. The number of hydrogen-bond acceptors (Lipinski definition) is 3. The Morgan fingerprint density at radius 2 is 1.86 bits per heavy atom. The van der Waals surface area contributed by atoms with Gasteiger partial charge < -0.3 is 15.0 Å². The summed E-state index contributed by atoms with van der Waals surface area (Å²) in [5, 5.41) is 3.63. The number of hydrogen-bond donors (Lipinski definition) is 1. The highest BCUT2D eigenvalue weighted by Crippen LogP contribution is 2.13. The minimum Gasteiger partial charge on any atom is -0.497 e. The number of aryl methyl sites for hydroxylation is 1. The molecule has 0 saturated carbocycles. The van der Waals surface area contributed by atoms with Crippen LogP contribution in [0, 0.1) is 0 Å². The van der Waals surface area contributed by atoms with Gasteiger partial charge in [-0.15, -0.1) is 0 Å². The van der Waals surface area contributed by atoms with Gasteiger partial charge >= 0.3 is 0 Å². The first-order valence-corrected chi connectivity index (χ1v) is 8.28. The highest BCUT2D eigenvalue weighted by Gasteiger charge is 2.04. The predicted octanol–water partition coefficient (Wildman–Crippen LogP) is 3.34. The van der Waals surface area contributed by atoms with Crippen molar-refractivity contribution in [2.45, 2.75) is 46.1 Å². The first kappa shape index (κ1) is 18.0. The van der Waals surface area contributed by atoms with Crippen LogP contribution in [0.5, 0.6) is 5.75 Å². The Bertz CT molecular complexity index is 364. The van der Waals surface area contributed by atoms with Crippen molar-refractivity contribution < 1.29 is 4.74 Å². The fourth-order valence-electron chi connectivity index (χ4n) is 2.49. The Morgan fingerprint density at radius 3 is 2.43 bits per heavy atom. The highest BCUT2D eigenvalue weighted by molar-refractivity contribution is 5.27. The summed E-state index contributed by atoms with van der Waals surface area (Å²) in [6, 6.07) is 8.96. The third-order valence-electron chi connectivity index (χ3n) is 3.93. The Balaban J connectivity index is 2.19. The summed E-state index contributed by atoms with van der Waals surface area (Å²) in [7, 11) is 1.71. The molecule has 1 rings (SSSR count).